The van der Waals surface area contributed by atoms with E-state index in [1.54, 1.807) is 36.4 Å². The number of nitrogens with zero attached hydrogens (tertiary/aromatic N) is 1. The minimum absolute atomic E-state index is 0.167. The molecule has 0 saturated heterocycles. The maximum Gasteiger partial charge on any atom is 0.420 e. The van der Waals surface area contributed by atoms with Gasteiger partial charge in [0.15, 0.2) is 5.58 Å². The van der Waals surface area contributed by atoms with Crippen molar-refractivity contribution in [3.8, 4) is 0 Å². The third kappa shape index (κ3) is 3.00. The predicted octanol–water partition coefficient (Wildman–Crippen LogP) is 3.54. The van der Waals surface area contributed by atoms with Crippen LogP contribution in [0.25, 0.3) is 11.1 Å². The van der Waals surface area contributed by atoms with Gasteiger partial charge in [-0.1, -0.05) is 29.3 Å². The fourth-order valence-electron chi connectivity index (χ4n) is 2.10. The number of fused-ring (bicyclic) bond motifs is 1. The Kier molecular flexibility index (Phi) is 3.92. The number of anilines is 1. The zero-order valence-corrected chi connectivity index (χ0v) is 12.7. The topological polar surface area (TPSA) is 64.2 Å². The maximum absolute atomic E-state index is 12.1. The van der Waals surface area contributed by atoms with Crippen molar-refractivity contribution in [3.05, 3.63) is 63.1 Å². The first-order valence-corrected chi connectivity index (χ1v) is 7.13. The number of carbonyl (C=O) groups is 1. The van der Waals surface area contributed by atoms with Gasteiger partial charge in [-0.3, -0.25) is 9.36 Å². The molecule has 0 unspecified atom stereocenters. The number of amides is 1. The Hall–Kier alpha value is -2.24. The van der Waals surface area contributed by atoms with Crippen LogP contribution in [0.2, 0.25) is 10.0 Å². The fraction of sp³-hybridized carbons (Fsp3) is 0.0667. The molecule has 1 aromatic heterocycles. The van der Waals surface area contributed by atoms with E-state index in [9.17, 15) is 9.59 Å². The lowest BCUT2D eigenvalue weighted by atomic mass is 10.3. The lowest BCUT2D eigenvalue weighted by Crippen LogP contribution is -2.24. The quantitative estimate of drug-likeness (QED) is 0.795. The third-order valence-electron chi connectivity index (χ3n) is 3.04. The van der Waals surface area contributed by atoms with E-state index in [-0.39, 0.29) is 12.5 Å². The van der Waals surface area contributed by atoms with Crippen LogP contribution in [0, 0.1) is 0 Å². The highest BCUT2D eigenvalue weighted by molar-refractivity contribution is 6.31. The van der Waals surface area contributed by atoms with E-state index in [0.29, 0.717) is 26.8 Å². The number of carbonyl (C=O) groups excluding carboxylic acids is 1. The van der Waals surface area contributed by atoms with Crippen molar-refractivity contribution in [2.45, 2.75) is 6.54 Å². The Morgan fingerprint density at radius 2 is 1.91 bits per heavy atom. The second kappa shape index (κ2) is 5.87. The van der Waals surface area contributed by atoms with E-state index < -0.39 is 5.76 Å². The smallest absolute Gasteiger partial charge is 0.408 e. The molecule has 0 aliphatic rings. The molecule has 1 N–H and O–H groups in total. The summed E-state index contributed by atoms with van der Waals surface area (Å²) in [6, 6.07) is 11.5. The van der Waals surface area contributed by atoms with Crippen LogP contribution in [0.3, 0.4) is 0 Å². The number of halogens is 2. The predicted molar refractivity (Wildman–Crippen MR) is 85.6 cm³/mol. The van der Waals surface area contributed by atoms with E-state index >= 15 is 0 Å². The molecule has 1 heterocycles. The van der Waals surface area contributed by atoms with Crippen molar-refractivity contribution >= 4 is 45.9 Å². The van der Waals surface area contributed by atoms with E-state index in [0.717, 1.165) is 0 Å². The molecule has 0 bridgehead atoms. The fourth-order valence-corrected chi connectivity index (χ4v) is 2.45. The van der Waals surface area contributed by atoms with Crippen LogP contribution < -0.4 is 11.1 Å². The molecule has 0 aliphatic carbocycles. The number of hydrogen-bond acceptors (Lipinski definition) is 3. The van der Waals surface area contributed by atoms with Crippen LogP contribution >= 0.6 is 23.2 Å². The maximum atomic E-state index is 12.1. The highest BCUT2D eigenvalue weighted by Gasteiger charge is 2.13. The number of nitrogens with one attached hydrogen (secondary N) is 1. The average Bonchev–Trinajstić information content (AvgIpc) is 2.74. The van der Waals surface area contributed by atoms with E-state index in [1.165, 1.54) is 10.6 Å². The second-order valence-corrected chi connectivity index (χ2v) is 5.50. The van der Waals surface area contributed by atoms with Crippen LogP contribution in [-0.2, 0) is 11.3 Å². The normalized spacial score (nSPS) is 10.8. The summed E-state index contributed by atoms with van der Waals surface area (Å²) in [5.41, 5.74) is 1.41. The molecule has 2 aromatic carbocycles. The Labute approximate surface area is 135 Å². The molecule has 3 rings (SSSR count). The van der Waals surface area contributed by atoms with Crippen LogP contribution in [0.1, 0.15) is 0 Å². The second-order valence-electron chi connectivity index (χ2n) is 4.62. The Balaban J connectivity index is 1.85. The van der Waals surface area contributed by atoms with Crippen molar-refractivity contribution in [2.24, 2.45) is 0 Å². The van der Waals surface area contributed by atoms with E-state index in [1.807, 2.05) is 0 Å². The van der Waals surface area contributed by atoms with Crippen molar-refractivity contribution < 1.29 is 9.21 Å². The van der Waals surface area contributed by atoms with Gasteiger partial charge in [0.2, 0.25) is 5.91 Å². The number of oxazole rings is 1. The van der Waals surface area contributed by atoms with Gasteiger partial charge in [-0.05, 0) is 30.3 Å². The molecule has 5 nitrogen and oxygen atoms in total. The first-order valence-electron chi connectivity index (χ1n) is 6.37. The van der Waals surface area contributed by atoms with Gasteiger partial charge >= 0.3 is 5.76 Å². The van der Waals surface area contributed by atoms with Gasteiger partial charge in [-0.25, -0.2) is 4.79 Å². The van der Waals surface area contributed by atoms with Gasteiger partial charge in [0.05, 0.1) is 5.52 Å². The molecule has 0 aliphatic heterocycles. The molecular weight excluding hydrogens is 327 g/mol. The summed E-state index contributed by atoms with van der Waals surface area (Å²) in [7, 11) is 0. The third-order valence-corrected chi connectivity index (χ3v) is 3.51. The minimum atomic E-state index is -0.612. The van der Waals surface area contributed by atoms with Gasteiger partial charge in [-0.15, -0.1) is 0 Å². The molecule has 112 valence electrons. The molecule has 0 radical (unpaired) electrons. The first kappa shape index (κ1) is 14.7. The molecule has 0 fully saturated rings. The van der Waals surface area contributed by atoms with Gasteiger partial charge in [0.25, 0.3) is 0 Å². The largest absolute Gasteiger partial charge is 0.420 e. The lowest BCUT2D eigenvalue weighted by molar-refractivity contribution is -0.116. The zero-order valence-electron chi connectivity index (χ0n) is 11.2. The SMILES string of the molecule is O=C(Cn1c(=O)oc2cc(Cl)ccc21)Nc1cccc(Cl)c1. The average molecular weight is 337 g/mol. The Morgan fingerprint density at radius 3 is 2.68 bits per heavy atom. The zero-order chi connectivity index (χ0) is 15.7. The number of rotatable bonds is 3. The number of aromatic nitrogens is 1. The summed E-state index contributed by atoms with van der Waals surface area (Å²) in [6.07, 6.45) is 0. The van der Waals surface area contributed by atoms with Crippen molar-refractivity contribution in [2.75, 3.05) is 5.32 Å². The van der Waals surface area contributed by atoms with Gasteiger partial charge in [0, 0.05) is 21.8 Å². The number of hydrogen-bond donors (Lipinski definition) is 1. The van der Waals surface area contributed by atoms with Gasteiger partial charge in [0.1, 0.15) is 6.54 Å². The summed E-state index contributed by atoms with van der Waals surface area (Å²) >= 11 is 11.7. The van der Waals surface area contributed by atoms with Crippen LogP contribution in [0.5, 0.6) is 0 Å². The molecular formula is C15H10Cl2N2O3. The Bertz CT molecular complexity index is 915. The van der Waals surface area contributed by atoms with Crippen LogP contribution in [0.15, 0.2) is 51.7 Å². The molecule has 0 saturated carbocycles. The van der Waals surface area contributed by atoms with Crippen molar-refractivity contribution in [1.82, 2.24) is 4.57 Å². The van der Waals surface area contributed by atoms with E-state index in [2.05, 4.69) is 5.32 Å². The van der Waals surface area contributed by atoms with Crippen molar-refractivity contribution in [1.29, 1.82) is 0 Å². The van der Waals surface area contributed by atoms with Crippen LogP contribution in [0.4, 0.5) is 5.69 Å². The molecule has 0 atom stereocenters. The standard InChI is InChI=1S/C15H10Cl2N2O3/c16-9-2-1-3-11(6-9)18-14(20)8-19-12-5-4-10(17)7-13(12)22-15(19)21/h1-7H,8H2,(H,18,20). The molecule has 3 aromatic rings. The van der Waals surface area contributed by atoms with Gasteiger partial charge in [-0.2, -0.15) is 0 Å². The summed E-state index contributed by atoms with van der Waals surface area (Å²) in [5.74, 6) is -0.972. The highest BCUT2D eigenvalue weighted by atomic mass is 35.5. The summed E-state index contributed by atoms with van der Waals surface area (Å²) in [6.45, 7) is -0.167. The Morgan fingerprint density at radius 1 is 1.14 bits per heavy atom. The molecule has 22 heavy (non-hydrogen) atoms. The lowest BCUT2D eigenvalue weighted by Gasteiger charge is -2.06. The monoisotopic (exact) mass is 336 g/mol. The molecule has 7 heteroatoms. The minimum Gasteiger partial charge on any atom is -0.408 e. The summed E-state index contributed by atoms with van der Waals surface area (Å²) in [4.78, 5) is 23.9. The summed E-state index contributed by atoms with van der Waals surface area (Å²) in [5, 5.41) is 3.64. The number of benzene rings is 2. The highest BCUT2D eigenvalue weighted by Crippen LogP contribution is 2.19. The van der Waals surface area contributed by atoms with Crippen molar-refractivity contribution in [3.63, 3.8) is 0 Å². The molecule has 1 amide bonds. The molecule has 0 spiro atoms. The van der Waals surface area contributed by atoms with Crippen LogP contribution in [-0.4, -0.2) is 10.5 Å². The van der Waals surface area contributed by atoms with Gasteiger partial charge < -0.3 is 9.73 Å². The first-order chi connectivity index (χ1) is 10.5. The van der Waals surface area contributed by atoms with E-state index in [4.69, 9.17) is 27.6 Å². The summed E-state index contributed by atoms with van der Waals surface area (Å²) < 4.78 is 6.31.